The Morgan fingerprint density at radius 3 is 2.74 bits per heavy atom. The first-order valence-corrected chi connectivity index (χ1v) is 11.1. The molecule has 1 aliphatic rings. The van der Waals surface area contributed by atoms with Gasteiger partial charge in [-0.05, 0) is 68.4 Å². The summed E-state index contributed by atoms with van der Waals surface area (Å²) in [5.41, 5.74) is 2.16. The number of ether oxygens (including phenoxy) is 2. The average molecular weight is 436 g/mol. The molecule has 1 atom stereocenters. The molecule has 0 spiro atoms. The summed E-state index contributed by atoms with van der Waals surface area (Å²) in [7, 11) is 1.55. The van der Waals surface area contributed by atoms with Gasteiger partial charge >= 0.3 is 0 Å². The van der Waals surface area contributed by atoms with Crippen molar-refractivity contribution in [2.45, 2.75) is 52.1 Å². The lowest BCUT2D eigenvalue weighted by atomic mass is 9.96. The minimum atomic E-state index is -0.531. The second-order valence-electron chi connectivity index (χ2n) is 7.40. The number of carbonyl (C=O) groups is 1. The van der Waals surface area contributed by atoms with Gasteiger partial charge in [0.1, 0.15) is 22.7 Å². The molecular formula is C24H25N3O3S. The van der Waals surface area contributed by atoms with E-state index in [-0.39, 0.29) is 11.7 Å². The van der Waals surface area contributed by atoms with E-state index in [0.717, 1.165) is 42.5 Å². The number of methoxy groups -OCH3 is 1. The van der Waals surface area contributed by atoms with Crippen molar-refractivity contribution in [1.29, 1.82) is 10.5 Å². The second-order valence-corrected chi connectivity index (χ2v) is 8.50. The predicted octanol–water partition coefficient (Wildman–Crippen LogP) is 5.23. The van der Waals surface area contributed by atoms with Crippen LogP contribution in [0.25, 0.3) is 6.08 Å². The number of thiophene rings is 1. The Morgan fingerprint density at radius 1 is 1.29 bits per heavy atom. The molecule has 2 aromatic rings. The molecule has 0 saturated carbocycles. The minimum absolute atomic E-state index is 0.0432. The second kappa shape index (κ2) is 10.1. The third kappa shape index (κ3) is 5.07. The van der Waals surface area contributed by atoms with Crippen LogP contribution < -0.4 is 14.8 Å². The van der Waals surface area contributed by atoms with Crippen LogP contribution in [0.2, 0.25) is 0 Å². The highest BCUT2D eigenvalue weighted by Crippen LogP contribution is 2.38. The van der Waals surface area contributed by atoms with Gasteiger partial charge < -0.3 is 14.8 Å². The molecule has 1 aliphatic carbocycles. The van der Waals surface area contributed by atoms with Gasteiger partial charge in [0, 0.05) is 4.88 Å². The van der Waals surface area contributed by atoms with Crippen LogP contribution in [0.5, 0.6) is 11.5 Å². The Kier molecular flexibility index (Phi) is 7.33. The number of rotatable bonds is 7. The van der Waals surface area contributed by atoms with E-state index in [1.54, 1.807) is 25.3 Å². The standard InChI is InChI=1S/C24H25N3O3S/c1-4-15(2)30-20-10-9-16(12-21(20)29-3)11-17(13-25)23(28)27-24-19(14-26)18-7-5-6-8-22(18)31-24/h9-12,15H,4-8H2,1-3H3,(H,27,28)/b17-11+/t15-/m1/s1. The van der Waals surface area contributed by atoms with E-state index < -0.39 is 5.91 Å². The summed E-state index contributed by atoms with van der Waals surface area (Å²) >= 11 is 1.44. The highest BCUT2D eigenvalue weighted by molar-refractivity contribution is 7.16. The van der Waals surface area contributed by atoms with Gasteiger partial charge in [-0.2, -0.15) is 10.5 Å². The monoisotopic (exact) mass is 435 g/mol. The van der Waals surface area contributed by atoms with Gasteiger partial charge in [0.2, 0.25) is 0 Å². The highest BCUT2D eigenvalue weighted by atomic mass is 32.1. The fourth-order valence-corrected chi connectivity index (χ4v) is 4.66. The molecule has 31 heavy (non-hydrogen) atoms. The van der Waals surface area contributed by atoms with Crippen LogP contribution in [0.3, 0.4) is 0 Å². The fourth-order valence-electron chi connectivity index (χ4n) is 3.43. The number of nitrogens with zero attached hydrogens (tertiary/aromatic N) is 2. The van der Waals surface area contributed by atoms with Gasteiger partial charge in [0.25, 0.3) is 5.91 Å². The Labute approximate surface area is 186 Å². The van der Waals surface area contributed by atoms with Crippen molar-refractivity contribution in [1.82, 2.24) is 0 Å². The molecule has 1 heterocycles. The number of hydrogen-bond acceptors (Lipinski definition) is 6. The molecule has 0 bridgehead atoms. The normalized spacial score (nSPS) is 14.0. The summed E-state index contributed by atoms with van der Waals surface area (Å²) in [6.07, 6.45) is 6.33. The lowest BCUT2D eigenvalue weighted by Gasteiger charge is -2.15. The minimum Gasteiger partial charge on any atom is -0.493 e. The first-order valence-electron chi connectivity index (χ1n) is 10.3. The number of carbonyl (C=O) groups excluding carboxylic acids is 1. The molecule has 0 saturated heterocycles. The van der Waals surface area contributed by atoms with Crippen LogP contribution in [-0.4, -0.2) is 19.1 Å². The summed E-state index contributed by atoms with van der Waals surface area (Å²) in [6, 6.07) is 9.45. The van der Waals surface area contributed by atoms with Gasteiger partial charge in [0.15, 0.2) is 11.5 Å². The number of benzene rings is 1. The highest BCUT2D eigenvalue weighted by Gasteiger charge is 2.22. The van der Waals surface area contributed by atoms with Gasteiger partial charge in [0.05, 0.1) is 18.8 Å². The predicted molar refractivity (Wildman–Crippen MR) is 121 cm³/mol. The van der Waals surface area contributed by atoms with Crippen molar-refractivity contribution in [3.05, 3.63) is 45.3 Å². The summed E-state index contributed by atoms with van der Waals surface area (Å²) in [5.74, 6) is 0.612. The quantitative estimate of drug-likeness (QED) is 0.475. The number of amides is 1. The van der Waals surface area contributed by atoms with Crippen LogP contribution >= 0.6 is 11.3 Å². The van der Waals surface area contributed by atoms with Crippen molar-refractivity contribution < 1.29 is 14.3 Å². The zero-order valence-electron chi connectivity index (χ0n) is 17.9. The molecule has 7 heteroatoms. The van der Waals surface area contributed by atoms with Crippen molar-refractivity contribution in [3.63, 3.8) is 0 Å². The smallest absolute Gasteiger partial charge is 0.266 e. The molecule has 1 aromatic carbocycles. The molecule has 0 radical (unpaired) electrons. The largest absolute Gasteiger partial charge is 0.493 e. The van der Waals surface area contributed by atoms with Crippen molar-refractivity contribution in [2.24, 2.45) is 0 Å². The van der Waals surface area contributed by atoms with Crippen LogP contribution in [0, 0.1) is 22.7 Å². The lowest BCUT2D eigenvalue weighted by molar-refractivity contribution is -0.112. The fraction of sp³-hybridized carbons (Fsp3) is 0.375. The third-order valence-corrected chi connectivity index (χ3v) is 6.48. The van der Waals surface area contributed by atoms with E-state index in [9.17, 15) is 15.3 Å². The molecule has 1 amide bonds. The number of aryl methyl sites for hydroxylation is 1. The zero-order valence-corrected chi connectivity index (χ0v) is 18.8. The molecule has 1 aromatic heterocycles. The first-order chi connectivity index (χ1) is 15.0. The third-order valence-electron chi connectivity index (χ3n) is 5.28. The van der Waals surface area contributed by atoms with E-state index in [0.29, 0.717) is 27.6 Å². The topological polar surface area (TPSA) is 95.1 Å². The van der Waals surface area contributed by atoms with Crippen molar-refractivity contribution in [2.75, 3.05) is 12.4 Å². The molecule has 1 N–H and O–H groups in total. The van der Waals surface area contributed by atoms with E-state index in [4.69, 9.17) is 9.47 Å². The number of hydrogen-bond donors (Lipinski definition) is 1. The van der Waals surface area contributed by atoms with E-state index in [1.807, 2.05) is 19.9 Å². The summed E-state index contributed by atoms with van der Waals surface area (Å²) in [4.78, 5) is 13.9. The van der Waals surface area contributed by atoms with Crippen LogP contribution in [0.15, 0.2) is 23.8 Å². The van der Waals surface area contributed by atoms with E-state index in [1.165, 1.54) is 17.4 Å². The lowest BCUT2D eigenvalue weighted by Crippen LogP contribution is -2.13. The van der Waals surface area contributed by atoms with Crippen molar-refractivity contribution >= 4 is 28.3 Å². The number of nitriles is 2. The van der Waals surface area contributed by atoms with Crippen molar-refractivity contribution in [3.8, 4) is 23.6 Å². The Hall–Kier alpha value is -3.29. The molecular weight excluding hydrogens is 410 g/mol. The van der Waals surface area contributed by atoms with E-state index >= 15 is 0 Å². The van der Waals surface area contributed by atoms with Gasteiger partial charge in [-0.25, -0.2) is 0 Å². The summed E-state index contributed by atoms with van der Waals surface area (Å²) < 4.78 is 11.3. The maximum atomic E-state index is 12.8. The Balaban J connectivity index is 1.84. The Bertz CT molecular complexity index is 1090. The molecule has 0 unspecified atom stereocenters. The molecule has 6 nitrogen and oxygen atoms in total. The number of anilines is 1. The van der Waals surface area contributed by atoms with Crippen LogP contribution in [0.1, 0.15) is 54.7 Å². The molecule has 3 rings (SSSR count). The summed E-state index contributed by atoms with van der Waals surface area (Å²) in [5, 5.41) is 22.4. The first kappa shape index (κ1) is 22.4. The molecule has 0 fully saturated rings. The maximum absolute atomic E-state index is 12.8. The zero-order chi connectivity index (χ0) is 22.4. The average Bonchev–Trinajstić information content (AvgIpc) is 3.14. The summed E-state index contributed by atoms with van der Waals surface area (Å²) in [6.45, 7) is 4.01. The molecule has 160 valence electrons. The molecule has 0 aliphatic heterocycles. The van der Waals surface area contributed by atoms with Crippen LogP contribution in [-0.2, 0) is 17.6 Å². The van der Waals surface area contributed by atoms with Crippen LogP contribution in [0.4, 0.5) is 5.00 Å². The Morgan fingerprint density at radius 2 is 2.06 bits per heavy atom. The maximum Gasteiger partial charge on any atom is 0.266 e. The number of nitrogens with one attached hydrogen (secondary N) is 1. The van der Waals surface area contributed by atoms with Gasteiger partial charge in [-0.15, -0.1) is 11.3 Å². The van der Waals surface area contributed by atoms with Gasteiger partial charge in [-0.3, -0.25) is 4.79 Å². The van der Waals surface area contributed by atoms with E-state index in [2.05, 4.69) is 11.4 Å². The SMILES string of the molecule is CC[C@@H](C)Oc1ccc(/C=C(\C#N)C(=O)Nc2sc3c(c2C#N)CCCC3)cc1OC. The number of fused-ring (bicyclic) bond motifs is 1. The van der Waals surface area contributed by atoms with Gasteiger partial charge in [-0.1, -0.05) is 13.0 Å².